The Balaban J connectivity index is 2.57. The largest absolute Gasteiger partial charge is 0.461 e. The number of rotatable bonds is 5. The van der Waals surface area contributed by atoms with Crippen molar-refractivity contribution in [3.63, 3.8) is 0 Å². The lowest BCUT2D eigenvalue weighted by Gasteiger charge is -2.16. The van der Waals surface area contributed by atoms with Crippen molar-refractivity contribution in [2.45, 2.75) is 26.9 Å². The molecule has 0 spiro atoms. The number of methoxy groups -OCH3 is 1. The van der Waals surface area contributed by atoms with E-state index in [0.29, 0.717) is 5.02 Å². The van der Waals surface area contributed by atoms with Gasteiger partial charge in [-0.2, -0.15) is 0 Å². The average molecular weight is 297 g/mol. The Morgan fingerprint density at radius 2 is 2.10 bits per heavy atom. The minimum Gasteiger partial charge on any atom is -0.461 e. The predicted octanol–water partition coefficient (Wildman–Crippen LogP) is 4.17. The maximum Gasteiger partial charge on any atom is 0.311 e. The van der Waals surface area contributed by atoms with Gasteiger partial charge in [0.05, 0.1) is 5.41 Å². The van der Waals surface area contributed by atoms with Crippen molar-refractivity contribution in [3.8, 4) is 0 Å². The molecule has 1 unspecified atom stereocenters. The summed E-state index contributed by atoms with van der Waals surface area (Å²) in [6.07, 6.45) is 3.42. The van der Waals surface area contributed by atoms with Crippen molar-refractivity contribution < 1.29 is 14.3 Å². The zero-order chi connectivity index (χ0) is 15.2. The van der Waals surface area contributed by atoms with Crippen molar-refractivity contribution in [1.82, 2.24) is 0 Å². The molecule has 1 atom stereocenters. The standard InChI is InChI=1S/C16H21ClO3/c1-16(2,3)15(18)20-10-6-9-14(19-4)12-7-5-8-13(17)11-12/h5-9,11,14H,10H2,1-4H3/b9-6+. The average Bonchev–Trinajstić information content (AvgIpc) is 2.37. The highest BCUT2D eigenvalue weighted by Gasteiger charge is 2.22. The Hall–Kier alpha value is -1.32. The van der Waals surface area contributed by atoms with Crippen LogP contribution in [0.4, 0.5) is 0 Å². The Labute approximate surface area is 125 Å². The second-order valence-corrected chi connectivity index (χ2v) is 5.92. The smallest absolute Gasteiger partial charge is 0.311 e. The van der Waals surface area contributed by atoms with Crippen LogP contribution in [0.5, 0.6) is 0 Å². The van der Waals surface area contributed by atoms with E-state index in [1.807, 2.05) is 51.1 Å². The zero-order valence-electron chi connectivity index (χ0n) is 12.4. The van der Waals surface area contributed by atoms with Gasteiger partial charge in [0.15, 0.2) is 0 Å². The van der Waals surface area contributed by atoms with Crippen LogP contribution in [0.15, 0.2) is 36.4 Å². The second-order valence-electron chi connectivity index (χ2n) is 5.49. The molecule has 0 fully saturated rings. The van der Waals surface area contributed by atoms with Gasteiger partial charge in [-0.25, -0.2) is 0 Å². The molecule has 0 radical (unpaired) electrons. The van der Waals surface area contributed by atoms with Crippen LogP contribution in [-0.4, -0.2) is 19.7 Å². The minimum absolute atomic E-state index is 0.206. The molecule has 110 valence electrons. The maximum atomic E-state index is 11.6. The third-order valence-electron chi connectivity index (χ3n) is 2.67. The number of hydrogen-bond donors (Lipinski definition) is 0. The molecule has 0 saturated carbocycles. The summed E-state index contributed by atoms with van der Waals surface area (Å²) in [6.45, 7) is 5.70. The first kappa shape index (κ1) is 16.7. The molecule has 0 aliphatic heterocycles. The number of hydrogen-bond acceptors (Lipinski definition) is 3. The summed E-state index contributed by atoms with van der Waals surface area (Å²) >= 11 is 5.95. The van der Waals surface area contributed by atoms with Crippen LogP contribution in [0.1, 0.15) is 32.4 Å². The molecule has 0 N–H and O–H groups in total. The van der Waals surface area contributed by atoms with E-state index in [1.54, 1.807) is 13.2 Å². The van der Waals surface area contributed by atoms with Crippen LogP contribution in [0.2, 0.25) is 5.02 Å². The summed E-state index contributed by atoms with van der Waals surface area (Å²) in [5, 5.41) is 0.664. The van der Waals surface area contributed by atoms with Gasteiger partial charge < -0.3 is 9.47 Å². The van der Waals surface area contributed by atoms with E-state index in [9.17, 15) is 4.79 Å². The monoisotopic (exact) mass is 296 g/mol. The Kier molecular flexibility index (Phi) is 6.24. The summed E-state index contributed by atoms with van der Waals surface area (Å²) in [4.78, 5) is 11.6. The molecule has 4 heteroatoms. The van der Waals surface area contributed by atoms with Gasteiger partial charge in [0.2, 0.25) is 0 Å². The molecule has 0 aliphatic rings. The molecule has 0 aromatic heterocycles. The number of benzene rings is 1. The van der Waals surface area contributed by atoms with Crippen molar-refractivity contribution in [1.29, 1.82) is 0 Å². The van der Waals surface area contributed by atoms with Crippen LogP contribution >= 0.6 is 11.6 Å². The maximum absolute atomic E-state index is 11.6. The molecule has 0 bridgehead atoms. The summed E-state index contributed by atoms with van der Waals surface area (Å²) in [5.41, 5.74) is 0.472. The number of halogens is 1. The van der Waals surface area contributed by atoms with Crippen LogP contribution in [0, 0.1) is 5.41 Å². The molecule has 0 aliphatic carbocycles. The van der Waals surface area contributed by atoms with Crippen LogP contribution in [-0.2, 0) is 14.3 Å². The van der Waals surface area contributed by atoms with E-state index in [2.05, 4.69) is 0 Å². The van der Waals surface area contributed by atoms with Crippen LogP contribution < -0.4 is 0 Å². The van der Waals surface area contributed by atoms with E-state index < -0.39 is 5.41 Å². The molecule has 0 amide bonds. The van der Waals surface area contributed by atoms with E-state index in [-0.39, 0.29) is 18.7 Å². The Morgan fingerprint density at radius 3 is 2.65 bits per heavy atom. The van der Waals surface area contributed by atoms with Crippen molar-refractivity contribution >= 4 is 17.6 Å². The predicted molar refractivity (Wildman–Crippen MR) is 80.8 cm³/mol. The fraction of sp³-hybridized carbons (Fsp3) is 0.438. The molecular formula is C16H21ClO3. The number of ether oxygens (including phenoxy) is 2. The first-order chi connectivity index (χ1) is 9.34. The van der Waals surface area contributed by atoms with Crippen molar-refractivity contribution in [2.24, 2.45) is 5.41 Å². The lowest BCUT2D eigenvalue weighted by atomic mass is 9.97. The minimum atomic E-state index is -0.485. The molecule has 20 heavy (non-hydrogen) atoms. The van der Waals surface area contributed by atoms with Gasteiger partial charge in [-0.1, -0.05) is 29.8 Å². The van der Waals surface area contributed by atoms with Crippen molar-refractivity contribution in [2.75, 3.05) is 13.7 Å². The van der Waals surface area contributed by atoms with Gasteiger partial charge in [-0.3, -0.25) is 4.79 Å². The molecule has 1 aromatic carbocycles. The van der Waals surface area contributed by atoms with E-state index in [1.165, 1.54) is 0 Å². The third-order valence-corrected chi connectivity index (χ3v) is 2.90. The molecule has 0 heterocycles. The molecule has 1 aromatic rings. The lowest BCUT2D eigenvalue weighted by molar-refractivity contribution is -0.151. The zero-order valence-corrected chi connectivity index (χ0v) is 13.1. The van der Waals surface area contributed by atoms with Gasteiger partial charge in [0, 0.05) is 12.1 Å². The van der Waals surface area contributed by atoms with Gasteiger partial charge in [0.1, 0.15) is 12.7 Å². The number of carbonyl (C=O) groups is 1. The topological polar surface area (TPSA) is 35.5 Å². The lowest BCUT2D eigenvalue weighted by Crippen LogP contribution is -2.22. The Morgan fingerprint density at radius 1 is 1.40 bits per heavy atom. The van der Waals surface area contributed by atoms with E-state index in [0.717, 1.165) is 5.56 Å². The van der Waals surface area contributed by atoms with Crippen LogP contribution in [0.25, 0.3) is 0 Å². The van der Waals surface area contributed by atoms with Gasteiger partial charge in [-0.05, 0) is 44.5 Å². The first-order valence-electron chi connectivity index (χ1n) is 6.46. The first-order valence-corrected chi connectivity index (χ1v) is 6.84. The van der Waals surface area contributed by atoms with Crippen LogP contribution in [0.3, 0.4) is 0 Å². The van der Waals surface area contributed by atoms with Gasteiger partial charge >= 0.3 is 5.97 Å². The molecule has 0 saturated heterocycles. The fourth-order valence-electron chi connectivity index (χ4n) is 1.53. The SMILES string of the molecule is COC(/C=C/COC(=O)C(C)(C)C)c1cccc(Cl)c1. The highest BCUT2D eigenvalue weighted by Crippen LogP contribution is 2.21. The van der Waals surface area contributed by atoms with Gasteiger partial charge in [-0.15, -0.1) is 0 Å². The molecular weight excluding hydrogens is 276 g/mol. The highest BCUT2D eigenvalue weighted by molar-refractivity contribution is 6.30. The van der Waals surface area contributed by atoms with Gasteiger partial charge in [0.25, 0.3) is 0 Å². The highest BCUT2D eigenvalue weighted by atomic mass is 35.5. The number of esters is 1. The second kappa shape index (κ2) is 7.46. The summed E-state index contributed by atoms with van der Waals surface area (Å²) in [6, 6.07) is 7.47. The summed E-state index contributed by atoms with van der Waals surface area (Å²) in [7, 11) is 1.62. The van der Waals surface area contributed by atoms with Crippen molar-refractivity contribution in [3.05, 3.63) is 47.0 Å². The molecule has 1 rings (SSSR count). The Bertz CT molecular complexity index is 475. The third kappa shape index (κ3) is 5.35. The fourth-order valence-corrected chi connectivity index (χ4v) is 1.73. The summed E-state index contributed by atoms with van der Waals surface area (Å²) in [5.74, 6) is -0.223. The summed E-state index contributed by atoms with van der Waals surface area (Å²) < 4.78 is 10.5. The molecule has 3 nitrogen and oxygen atoms in total. The quantitative estimate of drug-likeness (QED) is 0.604. The van der Waals surface area contributed by atoms with E-state index >= 15 is 0 Å². The number of carbonyl (C=O) groups excluding carboxylic acids is 1. The van der Waals surface area contributed by atoms with E-state index in [4.69, 9.17) is 21.1 Å². The normalized spacial score (nSPS) is 13.4.